The zero-order valence-electron chi connectivity index (χ0n) is 15.4. The van der Waals surface area contributed by atoms with Crippen molar-refractivity contribution in [2.75, 3.05) is 0 Å². The van der Waals surface area contributed by atoms with Crippen LogP contribution in [0.25, 0.3) is 0 Å². The summed E-state index contributed by atoms with van der Waals surface area (Å²) in [4.78, 5) is 10.4. The van der Waals surface area contributed by atoms with Gasteiger partial charge in [0, 0.05) is 6.42 Å². The van der Waals surface area contributed by atoms with Gasteiger partial charge >= 0.3 is 0 Å². The molecule has 130 valence electrons. The zero-order chi connectivity index (χ0) is 17.6. The minimum absolute atomic E-state index is 0.184. The lowest BCUT2D eigenvalue weighted by atomic mass is 10.1. The fourth-order valence-electron chi connectivity index (χ4n) is 4.00. The molecule has 0 saturated carbocycles. The Bertz CT molecular complexity index is 478. The number of rotatable bonds is 8. The first kappa shape index (κ1) is 20.4. The second kappa shape index (κ2) is 9.03. The van der Waals surface area contributed by atoms with Crippen LogP contribution in [0.15, 0.2) is 28.8 Å². The first-order valence-electron chi connectivity index (χ1n) is 8.69. The highest BCUT2D eigenvalue weighted by Gasteiger charge is 2.47. The largest absolute Gasteiger partial charge is 0.409 e. The van der Waals surface area contributed by atoms with Crippen LogP contribution >= 0.6 is 11.6 Å². The third kappa shape index (κ3) is 4.93. The van der Waals surface area contributed by atoms with Gasteiger partial charge in [0.05, 0.1) is 6.10 Å². The van der Waals surface area contributed by atoms with Crippen molar-refractivity contribution in [2.24, 2.45) is 0 Å². The van der Waals surface area contributed by atoms with Crippen LogP contribution in [0.5, 0.6) is 0 Å². The van der Waals surface area contributed by atoms with Crippen LogP contribution in [-0.4, -0.2) is 20.4 Å². The molecule has 0 radical (unpaired) electrons. The highest BCUT2D eigenvalue weighted by atomic mass is 35.5. The predicted molar refractivity (Wildman–Crippen MR) is 102 cm³/mol. The van der Waals surface area contributed by atoms with E-state index in [0.717, 1.165) is 12.8 Å². The Labute approximate surface area is 147 Å². The van der Waals surface area contributed by atoms with Crippen LogP contribution in [0.1, 0.15) is 60.8 Å². The molecule has 0 aromatic rings. The van der Waals surface area contributed by atoms with Gasteiger partial charge in [-0.15, -0.1) is 0 Å². The van der Waals surface area contributed by atoms with E-state index in [9.17, 15) is 4.79 Å². The highest BCUT2D eigenvalue weighted by molar-refractivity contribution is 6.77. The number of hydrogen-bond donors (Lipinski definition) is 0. The van der Waals surface area contributed by atoms with Crippen LogP contribution in [-0.2, 0) is 9.22 Å². The molecule has 0 heterocycles. The van der Waals surface area contributed by atoms with Crippen LogP contribution in [0.4, 0.5) is 0 Å². The molecule has 0 bridgehead atoms. The Balaban J connectivity index is 2.92. The molecule has 0 aromatic heterocycles. The monoisotopic (exact) mass is 354 g/mol. The first-order valence-corrected chi connectivity index (χ1v) is 11.2. The third-order valence-corrected chi connectivity index (χ3v) is 11.3. The van der Waals surface area contributed by atoms with Crippen molar-refractivity contribution >= 4 is 25.9 Å². The molecule has 0 aliphatic heterocycles. The van der Waals surface area contributed by atoms with Gasteiger partial charge in [-0.1, -0.05) is 71.4 Å². The maximum absolute atomic E-state index is 10.4. The Kier molecular flexibility index (Phi) is 8.03. The molecular weight excluding hydrogens is 324 g/mol. The van der Waals surface area contributed by atoms with Crippen LogP contribution < -0.4 is 0 Å². The van der Waals surface area contributed by atoms with E-state index in [-0.39, 0.29) is 11.1 Å². The minimum Gasteiger partial charge on any atom is -0.409 e. The molecule has 0 fully saturated rings. The summed E-state index contributed by atoms with van der Waals surface area (Å²) in [6.07, 6.45) is 8.99. The van der Waals surface area contributed by atoms with Gasteiger partial charge in [0.2, 0.25) is 8.32 Å². The van der Waals surface area contributed by atoms with E-state index in [0.29, 0.717) is 23.0 Å². The molecule has 1 aliphatic rings. The lowest BCUT2D eigenvalue weighted by Crippen LogP contribution is -2.50. The normalized spacial score (nSPS) is 19.0. The van der Waals surface area contributed by atoms with Gasteiger partial charge < -0.3 is 4.43 Å². The SMILES string of the molecule is CC(C)[Si](O[C@@H]1CCC=C1/C=C\CC(Cl)=C=O)(C(C)C)C(C)C. The smallest absolute Gasteiger partial charge is 0.201 e. The Morgan fingerprint density at radius 3 is 2.35 bits per heavy atom. The van der Waals surface area contributed by atoms with Crippen molar-refractivity contribution in [2.45, 2.75) is 83.5 Å². The Hall–Kier alpha value is -0.603. The summed E-state index contributed by atoms with van der Waals surface area (Å²) in [6, 6.07) is 0. The van der Waals surface area contributed by atoms with Crippen molar-refractivity contribution in [3.63, 3.8) is 0 Å². The molecule has 0 spiro atoms. The van der Waals surface area contributed by atoms with Gasteiger partial charge in [-0.3, -0.25) is 0 Å². The summed E-state index contributed by atoms with van der Waals surface area (Å²) in [5, 5.41) is 0.215. The summed E-state index contributed by atoms with van der Waals surface area (Å²) < 4.78 is 6.88. The number of carbonyl (C=O) groups excluding carboxylic acids is 1. The van der Waals surface area contributed by atoms with E-state index in [1.54, 1.807) is 5.94 Å². The van der Waals surface area contributed by atoms with Gasteiger partial charge in [0.25, 0.3) is 0 Å². The van der Waals surface area contributed by atoms with Gasteiger partial charge in [0.15, 0.2) is 0 Å². The maximum atomic E-state index is 10.4. The van der Waals surface area contributed by atoms with E-state index in [2.05, 4.69) is 53.7 Å². The third-order valence-electron chi connectivity index (χ3n) is 4.95. The number of hydrogen-bond acceptors (Lipinski definition) is 2. The first-order chi connectivity index (χ1) is 10.8. The Morgan fingerprint density at radius 2 is 1.87 bits per heavy atom. The fourth-order valence-corrected chi connectivity index (χ4v) is 9.65. The molecule has 0 N–H and O–H groups in total. The molecule has 0 unspecified atom stereocenters. The molecule has 23 heavy (non-hydrogen) atoms. The van der Waals surface area contributed by atoms with Gasteiger partial charge in [-0.05, 0) is 35.0 Å². The minimum atomic E-state index is -1.87. The molecule has 2 nitrogen and oxygen atoms in total. The number of allylic oxidation sites excluding steroid dienone is 3. The van der Waals surface area contributed by atoms with Gasteiger partial charge in [0.1, 0.15) is 11.0 Å². The molecule has 0 amide bonds. The second-order valence-corrected chi connectivity index (χ2v) is 13.2. The van der Waals surface area contributed by atoms with E-state index in [4.69, 9.17) is 16.0 Å². The van der Waals surface area contributed by atoms with Crippen molar-refractivity contribution in [1.29, 1.82) is 0 Å². The standard InChI is InChI=1S/C19H31ClO2Si/c1-14(2)23(15(3)4,16(5)6)22-19-12-8-10-17(19)9-7-11-18(20)13-21/h7,9-10,14-16,19H,8,11-12H2,1-6H3/b9-7-/t19-/m1/s1. The quantitative estimate of drug-likeness (QED) is 0.385. The molecule has 0 aromatic carbocycles. The van der Waals surface area contributed by atoms with E-state index < -0.39 is 8.32 Å². The van der Waals surface area contributed by atoms with Gasteiger partial charge in [-0.25, -0.2) is 4.79 Å². The van der Waals surface area contributed by atoms with Crippen molar-refractivity contribution in [3.05, 3.63) is 28.8 Å². The summed E-state index contributed by atoms with van der Waals surface area (Å²) in [5.74, 6) is 1.72. The summed E-state index contributed by atoms with van der Waals surface area (Å²) in [6.45, 7) is 13.9. The lowest BCUT2D eigenvalue weighted by Gasteiger charge is -2.44. The average molecular weight is 355 g/mol. The summed E-state index contributed by atoms with van der Waals surface area (Å²) >= 11 is 5.72. The van der Waals surface area contributed by atoms with E-state index in [1.807, 2.05) is 6.08 Å². The molecule has 0 saturated heterocycles. The fraction of sp³-hybridized carbons (Fsp3) is 0.684. The second-order valence-electron chi connectivity index (χ2n) is 7.32. The summed E-state index contributed by atoms with van der Waals surface area (Å²) in [5.41, 5.74) is 2.99. The van der Waals surface area contributed by atoms with Crippen LogP contribution in [0.2, 0.25) is 16.6 Å². The predicted octanol–water partition coefficient (Wildman–Crippen LogP) is 6.17. The lowest BCUT2D eigenvalue weighted by molar-refractivity contribution is 0.209. The molecule has 1 aliphatic carbocycles. The molecule has 1 atom stereocenters. The van der Waals surface area contributed by atoms with Gasteiger partial charge in [-0.2, -0.15) is 0 Å². The number of halogens is 1. The molecular formula is C19H31ClO2Si. The van der Waals surface area contributed by atoms with Crippen LogP contribution in [0.3, 0.4) is 0 Å². The van der Waals surface area contributed by atoms with Crippen molar-refractivity contribution in [1.82, 2.24) is 0 Å². The maximum Gasteiger partial charge on any atom is 0.201 e. The van der Waals surface area contributed by atoms with E-state index in [1.165, 1.54) is 5.57 Å². The van der Waals surface area contributed by atoms with E-state index >= 15 is 0 Å². The zero-order valence-corrected chi connectivity index (χ0v) is 17.1. The average Bonchev–Trinajstić information content (AvgIpc) is 2.90. The summed E-state index contributed by atoms with van der Waals surface area (Å²) in [7, 11) is -1.87. The highest BCUT2D eigenvalue weighted by Crippen LogP contribution is 2.44. The topological polar surface area (TPSA) is 26.3 Å². The molecule has 4 heteroatoms. The van der Waals surface area contributed by atoms with Crippen LogP contribution in [0, 0.1) is 0 Å². The van der Waals surface area contributed by atoms with Crippen molar-refractivity contribution in [3.8, 4) is 0 Å². The Morgan fingerprint density at radius 1 is 1.30 bits per heavy atom. The van der Waals surface area contributed by atoms with Crippen molar-refractivity contribution < 1.29 is 9.22 Å². The molecule has 1 rings (SSSR count).